The molecule has 2 unspecified atom stereocenters. The molecule has 4 aliphatic heterocycles. The zero-order chi connectivity index (χ0) is 21.7. The zero-order valence-electron chi connectivity index (χ0n) is 16.9. The van der Waals surface area contributed by atoms with Gasteiger partial charge in [-0.15, -0.1) is 0 Å². The Morgan fingerprint density at radius 2 is 1.69 bits per heavy atom. The summed E-state index contributed by atoms with van der Waals surface area (Å²) in [7, 11) is 0. The van der Waals surface area contributed by atoms with Crippen molar-refractivity contribution in [2.45, 2.75) is 18.5 Å². The van der Waals surface area contributed by atoms with E-state index in [0.717, 1.165) is 11.3 Å². The predicted molar refractivity (Wildman–Crippen MR) is 111 cm³/mol. The second-order valence-electron chi connectivity index (χ2n) is 7.83. The number of nitrogens with zero attached hydrogens (tertiary/aromatic N) is 2. The molecule has 6 rings (SSSR count). The lowest BCUT2D eigenvalue weighted by Crippen LogP contribution is -2.49. The highest BCUT2D eigenvalue weighted by atomic mass is 16.7. The van der Waals surface area contributed by atoms with Crippen molar-refractivity contribution in [2.75, 3.05) is 25.4 Å². The summed E-state index contributed by atoms with van der Waals surface area (Å²) in [6.07, 6.45) is 3.98. The molecule has 2 atom stereocenters. The molecule has 2 amide bonds. The smallest absolute Gasteiger partial charge is 0.251 e. The number of carbonyl (C=O) groups excluding carboxylic acids is 2. The minimum Gasteiger partial charge on any atom is -0.454 e. The first-order valence-corrected chi connectivity index (χ1v) is 10.3. The molecule has 0 radical (unpaired) electrons. The molecule has 2 N–H and O–H groups in total. The van der Waals surface area contributed by atoms with Gasteiger partial charge in [0, 0.05) is 24.2 Å². The fourth-order valence-corrected chi connectivity index (χ4v) is 4.24. The van der Waals surface area contributed by atoms with Crippen LogP contribution in [0.3, 0.4) is 0 Å². The van der Waals surface area contributed by atoms with Crippen LogP contribution in [-0.2, 0) is 9.59 Å². The molecule has 0 aliphatic carbocycles. The lowest BCUT2D eigenvalue weighted by atomic mass is 10.0. The number of hydrogen-bond acceptors (Lipinski definition) is 8. The Hall–Kier alpha value is -3.92. The Bertz CT molecular complexity index is 1140. The first-order chi connectivity index (χ1) is 15.6. The van der Waals surface area contributed by atoms with Gasteiger partial charge in [0.05, 0.1) is 6.04 Å². The van der Waals surface area contributed by atoms with E-state index in [9.17, 15) is 9.59 Å². The normalized spacial score (nSPS) is 22.3. The molecular weight excluding hydrogens is 416 g/mol. The molecule has 4 aliphatic rings. The molecule has 1 fully saturated rings. The Morgan fingerprint density at radius 1 is 0.969 bits per heavy atom. The number of rotatable bonds is 4. The van der Waals surface area contributed by atoms with Crippen molar-refractivity contribution in [1.82, 2.24) is 15.3 Å². The minimum atomic E-state index is -0.395. The third kappa shape index (κ3) is 3.25. The predicted octanol–water partition coefficient (Wildman–Crippen LogP) is 1.72. The lowest BCUT2D eigenvalue weighted by molar-refractivity contribution is -0.137. The maximum absolute atomic E-state index is 13.0. The molecule has 2 aromatic carbocycles. The summed E-state index contributed by atoms with van der Waals surface area (Å²) in [6.45, 7) is 0.304. The van der Waals surface area contributed by atoms with Crippen LogP contribution in [0.5, 0.6) is 23.0 Å². The van der Waals surface area contributed by atoms with E-state index in [2.05, 4.69) is 10.7 Å². The van der Waals surface area contributed by atoms with Crippen LogP contribution < -0.4 is 29.7 Å². The molecular formula is C22H20N4O6. The van der Waals surface area contributed by atoms with E-state index in [1.54, 1.807) is 35.6 Å². The van der Waals surface area contributed by atoms with E-state index >= 15 is 0 Å². The number of amides is 2. The first kappa shape index (κ1) is 18.8. The molecule has 1 saturated heterocycles. The molecule has 10 nitrogen and oxygen atoms in total. The highest BCUT2D eigenvalue weighted by Gasteiger charge is 2.40. The molecule has 10 heteroatoms. The van der Waals surface area contributed by atoms with Crippen LogP contribution in [-0.4, -0.2) is 47.9 Å². The van der Waals surface area contributed by atoms with Gasteiger partial charge >= 0.3 is 0 Å². The maximum atomic E-state index is 13.0. The van der Waals surface area contributed by atoms with Gasteiger partial charge in [0.2, 0.25) is 19.5 Å². The SMILES string of the molecule is O=C(CN1C=CN2NC(c3ccc4c(c3)OCO4)CC2C1=O)Nc1ccc2c(c1)OCO2. The van der Waals surface area contributed by atoms with Gasteiger partial charge < -0.3 is 34.2 Å². The fourth-order valence-electron chi connectivity index (χ4n) is 4.24. The molecule has 0 spiro atoms. The zero-order valence-corrected chi connectivity index (χ0v) is 16.9. The minimum absolute atomic E-state index is 0.0505. The largest absolute Gasteiger partial charge is 0.454 e. The second kappa shape index (κ2) is 7.34. The van der Waals surface area contributed by atoms with Crippen LogP contribution in [0.4, 0.5) is 5.69 Å². The van der Waals surface area contributed by atoms with Gasteiger partial charge in [-0.3, -0.25) is 9.59 Å². The number of ether oxygens (including phenoxy) is 4. The summed E-state index contributed by atoms with van der Waals surface area (Å²) in [5.41, 5.74) is 4.94. The van der Waals surface area contributed by atoms with Crippen LogP contribution in [0.15, 0.2) is 48.8 Å². The van der Waals surface area contributed by atoms with E-state index in [4.69, 9.17) is 18.9 Å². The third-order valence-corrected chi connectivity index (χ3v) is 5.84. The van der Waals surface area contributed by atoms with Crippen LogP contribution >= 0.6 is 0 Å². The van der Waals surface area contributed by atoms with Crippen molar-refractivity contribution in [2.24, 2.45) is 0 Å². The van der Waals surface area contributed by atoms with Gasteiger partial charge in [0.25, 0.3) is 5.91 Å². The molecule has 0 bridgehead atoms. The number of hydrogen-bond donors (Lipinski definition) is 2. The quantitative estimate of drug-likeness (QED) is 0.747. The second-order valence-corrected chi connectivity index (χ2v) is 7.83. The summed E-state index contributed by atoms with van der Waals surface area (Å²) in [5.74, 6) is 2.22. The third-order valence-electron chi connectivity index (χ3n) is 5.84. The number of nitrogens with one attached hydrogen (secondary N) is 2. The van der Waals surface area contributed by atoms with Gasteiger partial charge in [-0.2, -0.15) is 0 Å². The van der Waals surface area contributed by atoms with E-state index in [1.807, 2.05) is 18.2 Å². The topological polar surface area (TPSA) is 102 Å². The van der Waals surface area contributed by atoms with Gasteiger partial charge in [-0.1, -0.05) is 6.07 Å². The fraction of sp³-hybridized carbons (Fsp3) is 0.273. The van der Waals surface area contributed by atoms with Crippen LogP contribution in [0, 0.1) is 0 Å². The standard InChI is InChI=1S/C22H20N4O6/c27-21(23-14-2-4-18-20(8-14)32-12-30-18)10-25-5-6-26-16(22(25)28)9-15(24-26)13-1-3-17-19(7-13)31-11-29-17/h1-8,15-16,24H,9-12H2,(H,23,27). The van der Waals surface area contributed by atoms with Crippen LogP contribution in [0.2, 0.25) is 0 Å². The Labute approximate surface area is 183 Å². The Morgan fingerprint density at radius 3 is 2.50 bits per heavy atom. The summed E-state index contributed by atoms with van der Waals surface area (Å²) in [5, 5.41) is 4.60. The average Bonchev–Trinajstić information content (AvgIpc) is 3.54. The number of fused-ring (bicyclic) bond motifs is 3. The van der Waals surface area contributed by atoms with Crippen molar-refractivity contribution in [1.29, 1.82) is 0 Å². The van der Waals surface area contributed by atoms with E-state index in [-0.39, 0.29) is 38.0 Å². The lowest BCUT2D eigenvalue weighted by Gasteiger charge is -2.31. The first-order valence-electron chi connectivity index (χ1n) is 10.3. The van der Waals surface area contributed by atoms with Crippen LogP contribution in [0.25, 0.3) is 0 Å². The number of benzene rings is 2. The molecule has 164 valence electrons. The molecule has 0 aromatic heterocycles. The molecule has 2 aromatic rings. The Kier molecular flexibility index (Phi) is 4.32. The highest BCUT2D eigenvalue weighted by Crippen LogP contribution is 2.38. The number of hydrazine groups is 1. The molecule has 0 saturated carbocycles. The Balaban J connectivity index is 1.10. The van der Waals surface area contributed by atoms with Gasteiger partial charge in [-0.25, -0.2) is 5.43 Å². The van der Waals surface area contributed by atoms with Crippen LogP contribution in [0.1, 0.15) is 18.0 Å². The maximum Gasteiger partial charge on any atom is 0.251 e. The molecule has 32 heavy (non-hydrogen) atoms. The summed E-state index contributed by atoms with van der Waals surface area (Å²) in [6, 6.07) is 10.5. The number of carbonyl (C=O) groups is 2. The van der Waals surface area contributed by atoms with E-state index in [1.165, 1.54) is 4.90 Å². The van der Waals surface area contributed by atoms with Crippen molar-refractivity contribution in [3.8, 4) is 23.0 Å². The average molecular weight is 436 g/mol. The molecule has 4 heterocycles. The van der Waals surface area contributed by atoms with Gasteiger partial charge in [0.15, 0.2) is 23.0 Å². The van der Waals surface area contributed by atoms with Gasteiger partial charge in [-0.05, 0) is 36.2 Å². The highest BCUT2D eigenvalue weighted by molar-refractivity contribution is 5.96. The van der Waals surface area contributed by atoms with Crippen molar-refractivity contribution < 1.29 is 28.5 Å². The van der Waals surface area contributed by atoms with Gasteiger partial charge in [0.1, 0.15) is 12.6 Å². The van der Waals surface area contributed by atoms with E-state index in [0.29, 0.717) is 29.4 Å². The van der Waals surface area contributed by atoms with E-state index < -0.39 is 6.04 Å². The van der Waals surface area contributed by atoms with Crippen molar-refractivity contribution in [3.63, 3.8) is 0 Å². The van der Waals surface area contributed by atoms with Crippen molar-refractivity contribution >= 4 is 17.5 Å². The van der Waals surface area contributed by atoms with Crippen molar-refractivity contribution in [3.05, 3.63) is 54.4 Å². The summed E-state index contributed by atoms with van der Waals surface area (Å²) in [4.78, 5) is 27.0. The summed E-state index contributed by atoms with van der Waals surface area (Å²) < 4.78 is 21.4. The monoisotopic (exact) mass is 436 g/mol. The number of anilines is 1. The summed E-state index contributed by atoms with van der Waals surface area (Å²) >= 11 is 0.